The van der Waals surface area contributed by atoms with E-state index in [1.165, 1.54) is 11.3 Å². The summed E-state index contributed by atoms with van der Waals surface area (Å²) in [6, 6.07) is 1.51. The number of hydrogen-bond donors (Lipinski definition) is 1. The molecule has 0 saturated carbocycles. The second-order valence-electron chi connectivity index (χ2n) is 5.06. The van der Waals surface area contributed by atoms with Gasteiger partial charge in [0.15, 0.2) is 0 Å². The van der Waals surface area contributed by atoms with E-state index >= 15 is 0 Å². The first-order chi connectivity index (χ1) is 8.84. The summed E-state index contributed by atoms with van der Waals surface area (Å²) in [5.74, 6) is 0. The van der Waals surface area contributed by atoms with Crippen LogP contribution in [0.3, 0.4) is 0 Å². The highest BCUT2D eigenvalue weighted by atomic mass is 79.9. The molecule has 2 heterocycles. The molecule has 0 radical (unpaired) electrons. The summed E-state index contributed by atoms with van der Waals surface area (Å²) < 4.78 is 28.3. The minimum atomic E-state index is -3.42. The molecule has 1 aliphatic rings. The van der Waals surface area contributed by atoms with Gasteiger partial charge in [-0.2, -0.15) is 4.31 Å². The third-order valence-electron chi connectivity index (χ3n) is 3.50. The van der Waals surface area contributed by atoms with Crippen molar-refractivity contribution in [1.29, 1.82) is 0 Å². The Labute approximate surface area is 127 Å². The zero-order valence-corrected chi connectivity index (χ0v) is 14.3. The first-order valence-electron chi connectivity index (χ1n) is 6.37. The number of nitrogens with two attached hydrogens (primary N) is 1. The highest BCUT2D eigenvalue weighted by molar-refractivity contribution is 9.11. The van der Waals surface area contributed by atoms with Crippen LogP contribution in [0, 0.1) is 6.92 Å². The maximum Gasteiger partial charge on any atom is 0.252 e. The molecule has 1 saturated heterocycles. The van der Waals surface area contributed by atoms with Gasteiger partial charge in [-0.3, -0.25) is 0 Å². The van der Waals surface area contributed by atoms with Crippen molar-refractivity contribution in [3.63, 3.8) is 0 Å². The fraction of sp³-hybridized carbons (Fsp3) is 0.667. The molecule has 0 aliphatic carbocycles. The number of thiophene rings is 1. The minimum Gasteiger partial charge on any atom is -0.326 e. The summed E-state index contributed by atoms with van der Waals surface area (Å²) in [6.07, 6.45) is 2.81. The summed E-state index contributed by atoms with van der Waals surface area (Å²) in [4.78, 5) is 0. The number of hydrogen-bond acceptors (Lipinski definition) is 4. The lowest BCUT2D eigenvalue weighted by molar-refractivity contribution is 0.227. The Morgan fingerprint density at radius 1 is 1.53 bits per heavy atom. The fourth-order valence-electron chi connectivity index (χ4n) is 2.43. The van der Waals surface area contributed by atoms with Gasteiger partial charge in [-0.15, -0.1) is 11.3 Å². The van der Waals surface area contributed by atoms with E-state index in [4.69, 9.17) is 5.73 Å². The van der Waals surface area contributed by atoms with Crippen LogP contribution in [0.2, 0.25) is 0 Å². The van der Waals surface area contributed by atoms with Gasteiger partial charge in [-0.05, 0) is 54.2 Å². The summed E-state index contributed by atoms with van der Waals surface area (Å²) in [5, 5.41) is 0. The van der Waals surface area contributed by atoms with Crippen LogP contribution >= 0.6 is 27.3 Å². The van der Waals surface area contributed by atoms with Gasteiger partial charge in [-0.1, -0.05) is 6.42 Å². The van der Waals surface area contributed by atoms with Crippen LogP contribution in [-0.4, -0.2) is 31.4 Å². The summed E-state index contributed by atoms with van der Waals surface area (Å²) in [6.45, 7) is 4.36. The summed E-state index contributed by atoms with van der Waals surface area (Å²) >= 11 is 4.66. The van der Waals surface area contributed by atoms with E-state index < -0.39 is 10.0 Å². The lowest BCUT2D eigenvalue weighted by Crippen LogP contribution is -2.51. The number of piperidine rings is 1. The van der Waals surface area contributed by atoms with Crippen LogP contribution in [0.15, 0.2) is 14.1 Å². The van der Waals surface area contributed by atoms with Crippen molar-refractivity contribution < 1.29 is 8.42 Å². The maximum absolute atomic E-state index is 12.7. The van der Waals surface area contributed by atoms with E-state index in [2.05, 4.69) is 15.9 Å². The molecule has 2 N–H and O–H groups in total. The van der Waals surface area contributed by atoms with Crippen molar-refractivity contribution in [2.75, 3.05) is 6.54 Å². The van der Waals surface area contributed by atoms with E-state index in [1.54, 1.807) is 10.4 Å². The molecule has 2 unspecified atom stereocenters. The van der Waals surface area contributed by atoms with Crippen LogP contribution < -0.4 is 5.73 Å². The van der Waals surface area contributed by atoms with E-state index in [9.17, 15) is 8.42 Å². The Balaban J connectivity index is 2.37. The van der Waals surface area contributed by atoms with E-state index in [0.29, 0.717) is 10.8 Å². The molecule has 4 nitrogen and oxygen atoms in total. The van der Waals surface area contributed by atoms with Gasteiger partial charge in [0.05, 0.1) is 3.79 Å². The number of halogens is 1. The normalized spacial score (nSPS) is 23.5. The molecule has 19 heavy (non-hydrogen) atoms. The zero-order valence-electron chi connectivity index (χ0n) is 11.1. The highest BCUT2D eigenvalue weighted by Gasteiger charge is 2.36. The minimum absolute atomic E-state index is 0.0834. The lowest BCUT2D eigenvalue weighted by atomic mass is 10.00. The van der Waals surface area contributed by atoms with Crippen molar-refractivity contribution in [2.24, 2.45) is 5.73 Å². The fourth-order valence-corrected chi connectivity index (χ4v) is 6.56. The van der Waals surface area contributed by atoms with Crippen molar-refractivity contribution in [3.8, 4) is 0 Å². The van der Waals surface area contributed by atoms with Gasteiger partial charge in [0.1, 0.15) is 4.21 Å². The van der Waals surface area contributed by atoms with Crippen LogP contribution in [0.1, 0.15) is 31.7 Å². The van der Waals surface area contributed by atoms with Gasteiger partial charge in [0.25, 0.3) is 10.0 Å². The Morgan fingerprint density at radius 2 is 2.21 bits per heavy atom. The van der Waals surface area contributed by atoms with Gasteiger partial charge in [0, 0.05) is 18.6 Å². The van der Waals surface area contributed by atoms with Crippen molar-refractivity contribution in [2.45, 2.75) is 49.4 Å². The van der Waals surface area contributed by atoms with E-state index in [0.717, 1.165) is 28.6 Å². The third kappa shape index (κ3) is 3.05. The quantitative estimate of drug-likeness (QED) is 0.894. The zero-order chi connectivity index (χ0) is 14.2. The maximum atomic E-state index is 12.7. The standard InChI is InChI=1S/C12H19BrN2O2S2/c1-8-7-11(18-12(8)13)19(16,17)15-6-4-3-5-10(15)9(2)14/h7,9-10H,3-6,14H2,1-2H3. The number of nitrogens with zero attached hydrogens (tertiary/aromatic N) is 1. The smallest absolute Gasteiger partial charge is 0.252 e. The van der Waals surface area contributed by atoms with Gasteiger partial charge < -0.3 is 5.73 Å². The van der Waals surface area contributed by atoms with Crippen LogP contribution in [-0.2, 0) is 10.0 Å². The molecule has 0 bridgehead atoms. The molecule has 7 heteroatoms. The third-order valence-corrected chi connectivity index (χ3v) is 8.01. The second-order valence-corrected chi connectivity index (χ2v) is 9.55. The van der Waals surface area contributed by atoms with Crippen LogP contribution in [0.4, 0.5) is 0 Å². The molecular weight excluding hydrogens is 348 g/mol. The summed E-state index contributed by atoms with van der Waals surface area (Å²) in [7, 11) is -3.42. The molecule has 2 rings (SSSR count). The number of aryl methyl sites for hydroxylation is 1. The highest BCUT2D eigenvalue weighted by Crippen LogP contribution is 2.34. The molecule has 1 aromatic rings. The van der Waals surface area contributed by atoms with Crippen molar-refractivity contribution >= 4 is 37.3 Å². The van der Waals surface area contributed by atoms with Gasteiger partial charge in [-0.25, -0.2) is 8.42 Å². The monoisotopic (exact) mass is 366 g/mol. The van der Waals surface area contributed by atoms with E-state index in [1.807, 2.05) is 13.8 Å². The topological polar surface area (TPSA) is 63.4 Å². The number of rotatable bonds is 3. The van der Waals surface area contributed by atoms with Crippen molar-refractivity contribution in [3.05, 3.63) is 15.4 Å². The molecule has 108 valence electrons. The number of sulfonamides is 1. The first kappa shape index (κ1) is 15.4. The molecule has 1 aromatic heterocycles. The summed E-state index contributed by atoms with van der Waals surface area (Å²) in [5.41, 5.74) is 6.91. The van der Waals surface area contributed by atoms with Gasteiger partial charge >= 0.3 is 0 Å². The SMILES string of the molecule is Cc1cc(S(=O)(=O)N2CCCCC2C(C)N)sc1Br. The van der Waals surface area contributed by atoms with Crippen LogP contribution in [0.25, 0.3) is 0 Å². The Hall–Kier alpha value is 0.0500. The van der Waals surface area contributed by atoms with Crippen molar-refractivity contribution in [1.82, 2.24) is 4.31 Å². The molecule has 0 aromatic carbocycles. The average molecular weight is 367 g/mol. The van der Waals surface area contributed by atoms with Gasteiger partial charge in [0.2, 0.25) is 0 Å². The Bertz CT molecular complexity index is 535. The van der Waals surface area contributed by atoms with Crippen LogP contribution in [0.5, 0.6) is 0 Å². The Kier molecular flexibility index (Phi) is 4.72. The Morgan fingerprint density at radius 3 is 2.74 bits per heavy atom. The predicted molar refractivity (Wildman–Crippen MR) is 81.9 cm³/mol. The molecule has 2 atom stereocenters. The molecule has 0 spiro atoms. The largest absolute Gasteiger partial charge is 0.326 e. The lowest BCUT2D eigenvalue weighted by Gasteiger charge is -2.36. The molecular formula is C12H19BrN2O2S2. The molecule has 0 amide bonds. The average Bonchev–Trinajstić information content (AvgIpc) is 2.70. The first-order valence-corrected chi connectivity index (χ1v) is 9.42. The predicted octanol–water partition coefficient (Wildman–Crippen LogP) is 2.71. The second kappa shape index (κ2) is 5.81. The molecule has 1 aliphatic heterocycles. The molecule has 1 fully saturated rings. The van der Waals surface area contributed by atoms with E-state index in [-0.39, 0.29) is 12.1 Å².